The smallest absolute Gasteiger partial charge is 0.244 e. The zero-order chi connectivity index (χ0) is 20.3. The predicted molar refractivity (Wildman–Crippen MR) is 111 cm³/mol. The molecule has 1 aromatic heterocycles. The maximum Gasteiger partial charge on any atom is 0.244 e. The molecular formula is C20H22N2O4S2. The quantitative estimate of drug-likeness (QED) is 0.629. The Kier molecular flexibility index (Phi) is 6.02. The maximum absolute atomic E-state index is 12.8. The second-order valence-electron chi connectivity index (χ2n) is 6.18. The number of methoxy groups -OCH3 is 2. The fourth-order valence-electron chi connectivity index (χ4n) is 2.75. The van der Waals surface area contributed by atoms with E-state index in [-0.39, 0.29) is 17.2 Å². The van der Waals surface area contributed by atoms with E-state index in [2.05, 4.69) is 9.71 Å². The molecule has 0 aliphatic heterocycles. The molecule has 3 rings (SSSR count). The van der Waals surface area contributed by atoms with Crippen molar-refractivity contribution in [3.8, 4) is 22.1 Å². The van der Waals surface area contributed by atoms with Gasteiger partial charge in [0.1, 0.15) is 21.4 Å². The van der Waals surface area contributed by atoms with Crippen LogP contribution in [0.25, 0.3) is 10.6 Å². The van der Waals surface area contributed by atoms with Crippen molar-refractivity contribution in [3.05, 3.63) is 58.6 Å². The number of benzene rings is 2. The minimum absolute atomic E-state index is 0.0376. The summed E-state index contributed by atoms with van der Waals surface area (Å²) in [5.41, 5.74) is 2.99. The van der Waals surface area contributed by atoms with E-state index in [1.54, 1.807) is 12.1 Å². The molecule has 8 heteroatoms. The van der Waals surface area contributed by atoms with Crippen molar-refractivity contribution in [2.45, 2.75) is 25.3 Å². The minimum Gasteiger partial charge on any atom is -0.497 e. The van der Waals surface area contributed by atoms with Crippen molar-refractivity contribution >= 4 is 21.4 Å². The van der Waals surface area contributed by atoms with Crippen molar-refractivity contribution in [2.24, 2.45) is 0 Å². The van der Waals surface area contributed by atoms with Crippen molar-refractivity contribution in [2.75, 3.05) is 14.2 Å². The number of hydrogen-bond acceptors (Lipinski definition) is 6. The van der Waals surface area contributed by atoms with Crippen molar-refractivity contribution < 1.29 is 17.9 Å². The summed E-state index contributed by atoms with van der Waals surface area (Å²) in [6.45, 7) is 4.07. The maximum atomic E-state index is 12.8. The molecule has 3 aromatic rings. The number of thiazole rings is 1. The Morgan fingerprint density at radius 1 is 1.07 bits per heavy atom. The van der Waals surface area contributed by atoms with Crippen LogP contribution < -0.4 is 14.2 Å². The first-order chi connectivity index (χ1) is 13.4. The lowest BCUT2D eigenvalue weighted by Crippen LogP contribution is -2.23. The van der Waals surface area contributed by atoms with Crippen molar-refractivity contribution in [3.63, 3.8) is 0 Å². The molecule has 0 radical (unpaired) electrons. The van der Waals surface area contributed by atoms with E-state index in [9.17, 15) is 8.42 Å². The molecule has 0 fully saturated rings. The van der Waals surface area contributed by atoms with Gasteiger partial charge in [-0.1, -0.05) is 24.3 Å². The molecule has 0 bridgehead atoms. The van der Waals surface area contributed by atoms with Crippen LogP contribution in [0, 0.1) is 13.8 Å². The molecule has 28 heavy (non-hydrogen) atoms. The Hall–Kier alpha value is -2.42. The number of sulfonamides is 1. The summed E-state index contributed by atoms with van der Waals surface area (Å²) < 4.78 is 38.6. The highest BCUT2D eigenvalue weighted by atomic mass is 32.2. The molecule has 0 unspecified atom stereocenters. The van der Waals surface area contributed by atoms with Crippen LogP contribution in [0.3, 0.4) is 0 Å². The third-order valence-corrected chi connectivity index (χ3v) is 6.96. The highest BCUT2D eigenvalue weighted by Gasteiger charge is 2.21. The number of aromatic nitrogens is 1. The molecule has 0 saturated heterocycles. The van der Waals surface area contributed by atoms with E-state index in [1.165, 1.54) is 31.6 Å². The van der Waals surface area contributed by atoms with E-state index < -0.39 is 10.0 Å². The number of aryl methyl sites for hydroxylation is 2. The second-order valence-corrected chi connectivity index (χ2v) is 9.00. The summed E-state index contributed by atoms with van der Waals surface area (Å²) in [6, 6.07) is 12.7. The van der Waals surface area contributed by atoms with E-state index in [0.29, 0.717) is 5.75 Å². The zero-order valence-electron chi connectivity index (χ0n) is 16.1. The van der Waals surface area contributed by atoms with Gasteiger partial charge in [-0.15, -0.1) is 11.3 Å². The number of nitrogens with zero attached hydrogens (tertiary/aromatic N) is 1. The largest absolute Gasteiger partial charge is 0.497 e. The van der Waals surface area contributed by atoms with Crippen molar-refractivity contribution in [1.82, 2.24) is 9.71 Å². The summed E-state index contributed by atoms with van der Waals surface area (Å²) in [7, 11) is -0.872. The SMILES string of the molecule is COc1ccc(OC)c(S(=O)(=O)NCc2sc(-c3ccccc3C)nc2C)c1. The number of rotatable bonds is 7. The van der Waals surface area contributed by atoms with Crippen molar-refractivity contribution in [1.29, 1.82) is 0 Å². The van der Waals surface area contributed by atoms with Gasteiger partial charge in [0.05, 0.1) is 19.9 Å². The third kappa shape index (κ3) is 4.19. The Morgan fingerprint density at radius 3 is 2.50 bits per heavy atom. The van der Waals surface area contributed by atoms with E-state index in [0.717, 1.165) is 26.7 Å². The normalized spacial score (nSPS) is 11.4. The average Bonchev–Trinajstić information content (AvgIpc) is 3.06. The summed E-state index contributed by atoms with van der Waals surface area (Å²) in [5, 5.41) is 0.878. The molecule has 0 spiro atoms. The lowest BCUT2D eigenvalue weighted by atomic mass is 10.1. The van der Waals surface area contributed by atoms with Gasteiger partial charge in [-0.05, 0) is 31.5 Å². The van der Waals surface area contributed by atoms with Crippen LogP contribution >= 0.6 is 11.3 Å². The summed E-state index contributed by atoms with van der Waals surface area (Å²) in [6.07, 6.45) is 0. The monoisotopic (exact) mass is 418 g/mol. The van der Waals surface area contributed by atoms with Gasteiger partial charge < -0.3 is 9.47 Å². The van der Waals surface area contributed by atoms with Crippen LogP contribution in [0.15, 0.2) is 47.4 Å². The number of ether oxygens (including phenoxy) is 2. The highest BCUT2D eigenvalue weighted by molar-refractivity contribution is 7.89. The summed E-state index contributed by atoms with van der Waals surface area (Å²) in [5.74, 6) is 0.701. The molecule has 1 N–H and O–H groups in total. The molecule has 2 aromatic carbocycles. The first-order valence-electron chi connectivity index (χ1n) is 8.59. The van der Waals surface area contributed by atoms with Gasteiger partial charge in [0, 0.05) is 23.1 Å². The molecule has 6 nitrogen and oxygen atoms in total. The Balaban J connectivity index is 1.85. The van der Waals surface area contributed by atoms with Crippen LogP contribution in [0.2, 0.25) is 0 Å². The molecule has 0 aliphatic rings. The number of hydrogen-bond donors (Lipinski definition) is 1. The number of nitrogens with one attached hydrogen (secondary N) is 1. The topological polar surface area (TPSA) is 77.5 Å². The van der Waals surface area contributed by atoms with E-state index in [1.807, 2.05) is 38.1 Å². The van der Waals surface area contributed by atoms with Crippen LogP contribution in [-0.2, 0) is 16.6 Å². The summed E-state index contributed by atoms with van der Waals surface area (Å²) in [4.78, 5) is 5.52. The molecule has 0 atom stereocenters. The Morgan fingerprint density at radius 2 is 1.82 bits per heavy atom. The van der Waals surface area contributed by atoms with Gasteiger partial charge in [-0.3, -0.25) is 0 Å². The fourth-order valence-corrected chi connectivity index (χ4v) is 5.11. The van der Waals surface area contributed by atoms with E-state index in [4.69, 9.17) is 9.47 Å². The van der Waals surface area contributed by atoms with Crippen LogP contribution in [0.1, 0.15) is 16.1 Å². The Labute approximate surface area is 169 Å². The predicted octanol–water partition coefficient (Wildman–Crippen LogP) is 3.92. The first kappa shape index (κ1) is 20.3. The Bertz CT molecular complexity index is 1090. The first-order valence-corrected chi connectivity index (χ1v) is 10.9. The molecule has 0 aliphatic carbocycles. The molecular weight excluding hydrogens is 396 g/mol. The van der Waals surface area contributed by atoms with Gasteiger partial charge in [-0.25, -0.2) is 18.1 Å². The molecule has 0 amide bonds. The van der Waals surface area contributed by atoms with E-state index >= 15 is 0 Å². The van der Waals surface area contributed by atoms with Gasteiger partial charge in [0.15, 0.2) is 0 Å². The summed E-state index contributed by atoms with van der Waals surface area (Å²) >= 11 is 1.49. The minimum atomic E-state index is -3.79. The standard InChI is InChI=1S/C20H22N2O4S2/c1-13-7-5-6-8-16(13)20-22-14(2)18(27-20)12-21-28(23,24)19-11-15(25-3)9-10-17(19)26-4/h5-11,21H,12H2,1-4H3. The molecule has 148 valence electrons. The molecule has 1 heterocycles. The van der Waals surface area contributed by atoms with Gasteiger partial charge in [0.25, 0.3) is 0 Å². The second kappa shape index (κ2) is 8.30. The lowest BCUT2D eigenvalue weighted by molar-refractivity contribution is 0.392. The van der Waals surface area contributed by atoms with Gasteiger partial charge in [-0.2, -0.15) is 0 Å². The van der Waals surface area contributed by atoms with Crippen LogP contribution in [0.5, 0.6) is 11.5 Å². The fraction of sp³-hybridized carbons (Fsp3) is 0.250. The zero-order valence-corrected chi connectivity index (χ0v) is 17.8. The van der Waals surface area contributed by atoms with Gasteiger partial charge in [0.2, 0.25) is 10.0 Å². The van der Waals surface area contributed by atoms with Crippen LogP contribution in [-0.4, -0.2) is 27.6 Å². The van der Waals surface area contributed by atoms with Gasteiger partial charge >= 0.3 is 0 Å². The lowest BCUT2D eigenvalue weighted by Gasteiger charge is -2.11. The third-order valence-electron chi connectivity index (χ3n) is 4.35. The highest BCUT2D eigenvalue weighted by Crippen LogP contribution is 2.31. The molecule has 0 saturated carbocycles. The average molecular weight is 419 g/mol. The van der Waals surface area contributed by atoms with Crippen LogP contribution in [0.4, 0.5) is 0 Å².